The maximum Gasteiger partial charge on any atom is 0.416 e. The van der Waals surface area contributed by atoms with E-state index in [1.807, 2.05) is 0 Å². The van der Waals surface area contributed by atoms with Gasteiger partial charge < -0.3 is 5.32 Å². The van der Waals surface area contributed by atoms with Gasteiger partial charge in [-0.05, 0) is 80.1 Å². The van der Waals surface area contributed by atoms with Crippen molar-refractivity contribution in [1.29, 1.82) is 0 Å². The first-order valence-corrected chi connectivity index (χ1v) is 8.99. The number of benzene rings is 1. The average Bonchev–Trinajstić information content (AvgIpc) is 2.50. The monoisotopic (exact) mass is 349 g/mol. The number of rotatable bonds is 3. The van der Waals surface area contributed by atoms with Crippen LogP contribution in [0, 0.1) is 17.8 Å². The lowest BCUT2D eigenvalue weighted by molar-refractivity contribution is -0.137. The summed E-state index contributed by atoms with van der Waals surface area (Å²) >= 11 is 0. The van der Waals surface area contributed by atoms with E-state index in [2.05, 4.69) is 5.32 Å². The smallest absolute Gasteiger partial charge is 0.347 e. The molecule has 4 aliphatic carbocycles. The van der Waals surface area contributed by atoms with E-state index >= 15 is 0 Å². The van der Waals surface area contributed by atoms with Crippen LogP contribution in [0.3, 0.4) is 0 Å². The molecule has 4 fully saturated rings. The topological polar surface area (TPSA) is 29.1 Å². The van der Waals surface area contributed by atoms with Gasteiger partial charge in [0.25, 0.3) is 0 Å². The third kappa shape index (κ3) is 3.46. The Morgan fingerprint density at radius 3 is 2.24 bits per heavy atom. The molecule has 1 N–H and O–H groups in total. The molecule has 0 radical (unpaired) electrons. The second kappa shape index (κ2) is 5.89. The van der Waals surface area contributed by atoms with Crippen molar-refractivity contribution in [3.05, 3.63) is 41.5 Å². The van der Waals surface area contributed by atoms with Crippen molar-refractivity contribution in [2.45, 2.75) is 50.2 Å². The normalized spacial score (nSPS) is 33.8. The van der Waals surface area contributed by atoms with E-state index in [0.29, 0.717) is 5.56 Å². The zero-order valence-corrected chi connectivity index (χ0v) is 14.0. The maximum absolute atomic E-state index is 12.8. The second-order valence-corrected chi connectivity index (χ2v) is 8.14. The SMILES string of the molecule is O=C(C=Cc1cccc(C(F)(F)F)c1)NC12CC3CC(CC(C3)C1)C2. The van der Waals surface area contributed by atoms with E-state index in [4.69, 9.17) is 0 Å². The van der Waals surface area contributed by atoms with Gasteiger partial charge in [-0.1, -0.05) is 12.1 Å². The number of halogens is 3. The number of alkyl halides is 3. The van der Waals surface area contributed by atoms with E-state index in [1.54, 1.807) is 6.07 Å². The highest BCUT2D eigenvalue weighted by Gasteiger charge is 2.51. The van der Waals surface area contributed by atoms with Gasteiger partial charge in [0.1, 0.15) is 0 Å². The number of nitrogens with one attached hydrogen (secondary N) is 1. The van der Waals surface area contributed by atoms with Crippen molar-refractivity contribution in [3.8, 4) is 0 Å². The summed E-state index contributed by atoms with van der Waals surface area (Å²) in [5.41, 5.74) is -0.393. The van der Waals surface area contributed by atoms with Gasteiger partial charge in [-0.15, -0.1) is 0 Å². The van der Waals surface area contributed by atoms with Crippen LogP contribution in [0.4, 0.5) is 13.2 Å². The Kier molecular flexibility index (Phi) is 3.93. The van der Waals surface area contributed by atoms with Gasteiger partial charge in [-0.2, -0.15) is 13.2 Å². The number of amides is 1. The highest BCUT2D eigenvalue weighted by atomic mass is 19.4. The number of carbonyl (C=O) groups is 1. The molecule has 4 aliphatic rings. The molecular formula is C20H22F3NO. The molecule has 1 aromatic carbocycles. The van der Waals surface area contributed by atoms with Crippen LogP contribution >= 0.6 is 0 Å². The van der Waals surface area contributed by atoms with Crippen molar-refractivity contribution in [2.75, 3.05) is 0 Å². The first-order chi connectivity index (χ1) is 11.8. The van der Waals surface area contributed by atoms with Gasteiger partial charge in [-0.3, -0.25) is 4.79 Å². The molecule has 0 heterocycles. The minimum Gasteiger partial charge on any atom is -0.347 e. The second-order valence-electron chi connectivity index (χ2n) is 8.14. The minimum atomic E-state index is -4.37. The first kappa shape index (κ1) is 16.7. The lowest BCUT2D eigenvalue weighted by Gasteiger charge is -2.56. The van der Waals surface area contributed by atoms with Gasteiger partial charge in [-0.25, -0.2) is 0 Å². The largest absolute Gasteiger partial charge is 0.416 e. The Balaban J connectivity index is 1.43. The van der Waals surface area contributed by atoms with Gasteiger partial charge in [0.05, 0.1) is 5.56 Å². The van der Waals surface area contributed by atoms with Crippen LogP contribution in [-0.2, 0) is 11.0 Å². The summed E-state index contributed by atoms with van der Waals surface area (Å²) in [6, 6.07) is 5.03. The summed E-state index contributed by atoms with van der Waals surface area (Å²) in [7, 11) is 0. The fraction of sp³-hybridized carbons (Fsp3) is 0.550. The summed E-state index contributed by atoms with van der Waals surface area (Å²) in [4.78, 5) is 12.4. The molecule has 1 amide bonds. The van der Waals surface area contributed by atoms with Crippen LogP contribution in [0.1, 0.15) is 49.7 Å². The van der Waals surface area contributed by atoms with Crippen molar-refractivity contribution in [1.82, 2.24) is 5.32 Å². The molecule has 5 rings (SSSR count). The molecule has 134 valence electrons. The van der Waals surface area contributed by atoms with E-state index in [9.17, 15) is 18.0 Å². The highest BCUT2D eigenvalue weighted by Crippen LogP contribution is 2.55. The Morgan fingerprint density at radius 2 is 1.68 bits per heavy atom. The fourth-order valence-electron chi connectivity index (χ4n) is 5.56. The molecule has 0 aliphatic heterocycles. The molecule has 5 heteroatoms. The predicted octanol–water partition coefficient (Wildman–Crippen LogP) is 4.80. The van der Waals surface area contributed by atoms with Crippen LogP contribution in [0.25, 0.3) is 6.08 Å². The van der Waals surface area contributed by atoms with Crippen molar-refractivity contribution in [2.24, 2.45) is 17.8 Å². The molecule has 4 bridgehead atoms. The van der Waals surface area contributed by atoms with E-state index in [1.165, 1.54) is 37.5 Å². The predicted molar refractivity (Wildman–Crippen MR) is 89.5 cm³/mol. The quantitative estimate of drug-likeness (QED) is 0.780. The first-order valence-electron chi connectivity index (χ1n) is 8.99. The third-order valence-corrected chi connectivity index (χ3v) is 6.07. The summed E-state index contributed by atoms with van der Waals surface area (Å²) in [5.74, 6) is 2.01. The van der Waals surface area contributed by atoms with E-state index < -0.39 is 11.7 Å². The zero-order chi connectivity index (χ0) is 17.7. The summed E-state index contributed by atoms with van der Waals surface area (Å²) in [6.07, 6.45) is 5.54. The maximum atomic E-state index is 12.8. The molecule has 0 aromatic heterocycles. The van der Waals surface area contributed by atoms with Crippen LogP contribution < -0.4 is 5.32 Å². The Hall–Kier alpha value is -1.78. The van der Waals surface area contributed by atoms with Crippen molar-refractivity contribution in [3.63, 3.8) is 0 Å². The summed E-state index contributed by atoms with van der Waals surface area (Å²) < 4.78 is 38.3. The van der Waals surface area contributed by atoms with Gasteiger partial charge in [0.15, 0.2) is 0 Å². The Labute approximate surface area is 145 Å². The van der Waals surface area contributed by atoms with Gasteiger partial charge in [0, 0.05) is 11.6 Å². The molecule has 0 spiro atoms. The van der Waals surface area contributed by atoms with Crippen LogP contribution in [0.2, 0.25) is 0 Å². The zero-order valence-electron chi connectivity index (χ0n) is 14.0. The van der Waals surface area contributed by atoms with E-state index in [-0.39, 0.29) is 11.4 Å². The van der Waals surface area contributed by atoms with Crippen LogP contribution in [0.5, 0.6) is 0 Å². The van der Waals surface area contributed by atoms with E-state index in [0.717, 1.165) is 49.1 Å². The van der Waals surface area contributed by atoms with Gasteiger partial charge >= 0.3 is 6.18 Å². The Bertz CT molecular complexity index is 672. The number of hydrogen-bond donors (Lipinski definition) is 1. The molecule has 0 unspecified atom stereocenters. The summed E-state index contributed by atoms with van der Waals surface area (Å²) in [6.45, 7) is 0. The summed E-state index contributed by atoms with van der Waals surface area (Å²) in [5, 5.41) is 3.19. The van der Waals surface area contributed by atoms with Crippen molar-refractivity contribution >= 4 is 12.0 Å². The van der Waals surface area contributed by atoms with Crippen LogP contribution in [-0.4, -0.2) is 11.4 Å². The lowest BCUT2D eigenvalue weighted by atomic mass is 9.53. The fourth-order valence-corrected chi connectivity index (χ4v) is 5.56. The van der Waals surface area contributed by atoms with Crippen LogP contribution in [0.15, 0.2) is 30.3 Å². The highest BCUT2D eigenvalue weighted by molar-refractivity contribution is 5.92. The molecule has 0 atom stereocenters. The average molecular weight is 349 g/mol. The molecule has 1 aromatic rings. The molecule has 25 heavy (non-hydrogen) atoms. The minimum absolute atomic E-state index is 0.0794. The lowest BCUT2D eigenvalue weighted by Crippen LogP contribution is -2.59. The Morgan fingerprint density at radius 1 is 1.08 bits per heavy atom. The molecule has 0 saturated heterocycles. The molecule has 2 nitrogen and oxygen atoms in total. The third-order valence-electron chi connectivity index (χ3n) is 6.07. The molecule has 4 saturated carbocycles. The number of carbonyl (C=O) groups excluding carboxylic acids is 1. The number of hydrogen-bond acceptors (Lipinski definition) is 1. The van der Waals surface area contributed by atoms with Crippen molar-refractivity contribution < 1.29 is 18.0 Å². The van der Waals surface area contributed by atoms with Gasteiger partial charge in [0.2, 0.25) is 5.91 Å². The standard InChI is InChI=1S/C20H22F3NO/c21-20(22,23)17-3-1-2-13(9-17)4-5-18(25)24-19-10-14-6-15(11-19)8-16(7-14)12-19/h1-5,9,14-16H,6-8,10-12H2,(H,24,25). The molecular weight excluding hydrogens is 327 g/mol.